The lowest BCUT2D eigenvalue weighted by Gasteiger charge is -2.28. The molecule has 3 saturated heterocycles. The van der Waals surface area contributed by atoms with Gasteiger partial charge in [-0.3, -0.25) is 29.3 Å². The molecule has 0 saturated carbocycles. The van der Waals surface area contributed by atoms with Crippen molar-refractivity contribution in [1.29, 1.82) is 0 Å². The molecule has 0 aliphatic carbocycles. The van der Waals surface area contributed by atoms with Gasteiger partial charge in [0.05, 0.1) is 91.3 Å². The number of ether oxygens (including phenoxy) is 9. The molecule has 6 heterocycles. The van der Waals surface area contributed by atoms with Gasteiger partial charge in [-0.2, -0.15) is 0 Å². The number of rotatable bonds is 24. The summed E-state index contributed by atoms with van der Waals surface area (Å²) in [5, 5.41) is 8.44. The lowest BCUT2D eigenvalue weighted by Crippen LogP contribution is -2.39. The Bertz CT molecular complexity index is 4730. The summed E-state index contributed by atoms with van der Waals surface area (Å²) >= 11 is 0. The molecule has 0 spiro atoms. The van der Waals surface area contributed by atoms with Crippen LogP contribution in [0.2, 0.25) is 0 Å². The van der Waals surface area contributed by atoms with E-state index in [2.05, 4.69) is 45.6 Å². The predicted molar refractivity (Wildman–Crippen MR) is 448 cm³/mol. The highest BCUT2D eigenvalue weighted by Gasteiger charge is 2.29. The Kier molecular flexibility index (Phi) is 31.5. The van der Waals surface area contributed by atoms with Crippen LogP contribution in [0.3, 0.4) is 0 Å². The minimum atomic E-state index is -1.03. The number of anilines is 3. The number of carbonyl (C=O) groups excluding carboxylic acids is 6. The third-order valence-electron chi connectivity index (χ3n) is 19.0. The van der Waals surface area contributed by atoms with E-state index in [4.69, 9.17) is 57.6 Å². The molecule has 3 aromatic heterocycles. The van der Waals surface area contributed by atoms with Gasteiger partial charge in [-0.05, 0) is 156 Å². The Hall–Kier alpha value is -12.2. The van der Waals surface area contributed by atoms with E-state index in [9.17, 15) is 55.1 Å². The second-order valence-corrected chi connectivity index (χ2v) is 32.3. The zero-order valence-electron chi connectivity index (χ0n) is 71.6. The van der Waals surface area contributed by atoms with E-state index in [1.807, 2.05) is 0 Å². The Balaban J connectivity index is 0.000000193. The van der Waals surface area contributed by atoms with Gasteiger partial charge in [-0.25, -0.2) is 55.7 Å². The fraction of sp³-hybridized carbons (Fsp3) is 0.448. The average Bonchev–Trinajstić information content (AvgIpc) is 0.784. The molecule has 6 aromatic carbocycles. The Morgan fingerprint density at radius 2 is 0.626 bits per heavy atom. The lowest BCUT2D eigenvalue weighted by atomic mass is 10.0. The van der Waals surface area contributed by atoms with Crippen LogP contribution in [0.1, 0.15) is 149 Å². The molecule has 12 rings (SSSR count). The molecule has 3 aliphatic rings. The Morgan fingerprint density at radius 1 is 0.382 bits per heavy atom. The number of amides is 6. The topological polar surface area (TPSA) is 318 Å². The molecule has 3 N–H and O–H groups in total. The predicted octanol–water partition coefficient (Wildman–Crippen LogP) is 13.4. The third-order valence-corrected chi connectivity index (χ3v) is 19.0. The van der Waals surface area contributed by atoms with Crippen LogP contribution in [0, 0.1) is 34.9 Å². The maximum Gasteiger partial charge on any atom is 0.410 e. The fourth-order valence-electron chi connectivity index (χ4n) is 12.6. The summed E-state index contributed by atoms with van der Waals surface area (Å²) in [4.78, 5) is 115. The second-order valence-electron chi connectivity index (χ2n) is 32.3. The molecule has 9 aromatic rings. The maximum atomic E-state index is 13.8. The first-order valence-electron chi connectivity index (χ1n) is 40.2. The molecular weight excluding hydrogens is 1610 g/mol. The zero-order valence-corrected chi connectivity index (χ0v) is 71.6. The normalized spacial score (nSPS) is 14.5. The van der Waals surface area contributed by atoms with Gasteiger partial charge < -0.3 is 88.0 Å². The van der Waals surface area contributed by atoms with Crippen molar-refractivity contribution in [2.75, 3.05) is 154 Å². The molecule has 3 fully saturated rings. The van der Waals surface area contributed by atoms with Crippen molar-refractivity contribution < 1.29 is 97.7 Å². The molecular formula is C87H105F6N15O15. The Morgan fingerprint density at radius 3 is 0.854 bits per heavy atom. The number of hydrogen-bond donors (Lipinski definition) is 3. The number of likely N-dealkylation sites (N-methyl/N-ethyl adjacent to an activating group) is 3. The third kappa shape index (κ3) is 26.7. The van der Waals surface area contributed by atoms with Crippen LogP contribution in [0.25, 0.3) is 33.1 Å². The first-order chi connectivity index (χ1) is 58.2. The zero-order chi connectivity index (χ0) is 89.2. The van der Waals surface area contributed by atoms with Gasteiger partial charge in [-0.1, -0.05) is 0 Å². The molecule has 3 unspecified atom stereocenters. The largest absolute Gasteiger partial charge is 0.486 e. The summed E-state index contributed by atoms with van der Waals surface area (Å²) in [5.74, 6) is -4.83. The number of morpholine rings is 3. The number of halogens is 6. The van der Waals surface area contributed by atoms with Crippen molar-refractivity contribution in [2.45, 2.75) is 118 Å². The minimum Gasteiger partial charge on any atom is -0.486 e. The number of nitrogens with one attached hydrogen (secondary N) is 3. The minimum absolute atomic E-state index is 0.127. The van der Waals surface area contributed by atoms with Crippen molar-refractivity contribution in [3.05, 3.63) is 178 Å². The van der Waals surface area contributed by atoms with Crippen LogP contribution in [-0.4, -0.2) is 237 Å². The summed E-state index contributed by atoms with van der Waals surface area (Å²) in [6.45, 7) is 29.9. The van der Waals surface area contributed by atoms with Gasteiger partial charge in [0, 0.05) is 151 Å². The van der Waals surface area contributed by atoms with E-state index < -0.39 is 88.3 Å². The molecule has 3 aliphatic heterocycles. The van der Waals surface area contributed by atoms with E-state index in [1.54, 1.807) is 159 Å². The van der Waals surface area contributed by atoms with E-state index in [0.717, 1.165) is 36.4 Å². The highest BCUT2D eigenvalue weighted by Crippen LogP contribution is 2.35. The average molecular weight is 1710 g/mol. The van der Waals surface area contributed by atoms with Crippen molar-refractivity contribution in [1.82, 2.24) is 60.6 Å². The quantitative estimate of drug-likeness (QED) is 0.0374. The summed E-state index contributed by atoms with van der Waals surface area (Å²) in [7, 11) is 4.77. The molecule has 36 heteroatoms. The van der Waals surface area contributed by atoms with Crippen LogP contribution in [0.4, 0.5) is 58.2 Å². The van der Waals surface area contributed by atoms with Gasteiger partial charge in [-0.15, -0.1) is 0 Å². The van der Waals surface area contributed by atoms with Crippen molar-refractivity contribution >= 4 is 86.6 Å². The second kappa shape index (κ2) is 41.6. The van der Waals surface area contributed by atoms with Gasteiger partial charge in [0.1, 0.15) is 69.8 Å². The summed E-state index contributed by atoms with van der Waals surface area (Å²) in [6.07, 6.45) is 1.40. The van der Waals surface area contributed by atoms with Crippen LogP contribution < -0.4 is 44.9 Å². The van der Waals surface area contributed by atoms with Gasteiger partial charge in [0.2, 0.25) is 0 Å². The number of nitrogens with zero attached hydrogens (tertiary/aromatic N) is 12. The van der Waals surface area contributed by atoms with Crippen molar-refractivity contribution in [3.8, 4) is 17.2 Å². The van der Waals surface area contributed by atoms with Crippen molar-refractivity contribution in [2.24, 2.45) is 0 Å². The summed E-state index contributed by atoms with van der Waals surface area (Å²) < 4.78 is 132. The number of hydrogen-bond acceptors (Lipinski definition) is 24. The molecule has 0 bridgehead atoms. The van der Waals surface area contributed by atoms with Crippen molar-refractivity contribution in [3.63, 3.8) is 0 Å². The molecule has 30 nitrogen and oxygen atoms in total. The van der Waals surface area contributed by atoms with Crippen LogP contribution in [0.5, 0.6) is 17.2 Å². The number of fused-ring (bicyclic) bond motifs is 3. The molecule has 0 radical (unpaired) electrons. The maximum absolute atomic E-state index is 13.8. The number of benzene rings is 6. The first-order valence-corrected chi connectivity index (χ1v) is 40.2. The molecule has 123 heavy (non-hydrogen) atoms. The van der Waals surface area contributed by atoms with Gasteiger partial charge in [0.25, 0.3) is 17.7 Å². The smallest absolute Gasteiger partial charge is 0.410 e. The van der Waals surface area contributed by atoms with E-state index in [-0.39, 0.29) is 74.2 Å². The van der Waals surface area contributed by atoms with Crippen LogP contribution >= 0.6 is 0 Å². The molecule has 3 atom stereocenters. The van der Waals surface area contributed by atoms with Gasteiger partial charge >= 0.3 is 18.3 Å². The number of aromatic nitrogens is 6. The summed E-state index contributed by atoms with van der Waals surface area (Å²) in [6, 6.07) is 19.7. The first kappa shape index (κ1) is 93.1. The molecule has 660 valence electrons. The van der Waals surface area contributed by atoms with E-state index in [0.29, 0.717) is 163 Å². The van der Waals surface area contributed by atoms with E-state index in [1.165, 1.54) is 32.9 Å². The Labute approximate surface area is 709 Å². The standard InChI is InChI=1S/3C29H35F2N5O5/c3*1-18(40-20-6-7-22(30)23(31)16-20)21-14-19(27(37)32-8-9-35(5)28(38)41-29(2,3)4)15-24-26(21)34-25(17-33-24)36-10-12-39-13-11-36/h3*6-7,14-18H,8-13H2,1-5H3,(H,32,37). The SMILES string of the molecule is CC(Oc1ccc(F)c(F)c1)c1cc(C(=O)NCCN(C)C(=O)OC(C)(C)C)cc2ncc(N3CCOCC3)nc12.CC(Oc1ccc(F)c(F)c1)c1cc(C(=O)NCCN(C)C(=O)OC(C)(C)C)cc2ncc(N3CCOCC3)nc12.CC(Oc1ccc(F)c(F)c1)c1cc(C(=O)NCCN(C)C(=O)OC(C)(C)C)cc2ncc(N3CCOCC3)nc12. The summed E-state index contributed by atoms with van der Waals surface area (Å²) in [5.41, 5.74) is 3.64. The van der Waals surface area contributed by atoms with Gasteiger partial charge in [0.15, 0.2) is 34.9 Å². The highest BCUT2D eigenvalue weighted by atomic mass is 19.2. The molecule has 6 amide bonds. The van der Waals surface area contributed by atoms with E-state index >= 15 is 0 Å². The van der Waals surface area contributed by atoms with Crippen LogP contribution in [0.15, 0.2) is 110 Å². The monoisotopic (exact) mass is 1710 g/mol. The van der Waals surface area contributed by atoms with Crippen LogP contribution in [-0.2, 0) is 28.4 Å². The highest BCUT2D eigenvalue weighted by molar-refractivity contribution is 6.00. The lowest BCUT2D eigenvalue weighted by molar-refractivity contribution is 0.0290. The fourth-order valence-corrected chi connectivity index (χ4v) is 12.6. The number of carbonyl (C=O) groups is 6.